The first-order valence-corrected chi connectivity index (χ1v) is 9.45. The third kappa shape index (κ3) is 5.09. The van der Waals surface area contributed by atoms with E-state index in [0.717, 1.165) is 28.9 Å². The van der Waals surface area contributed by atoms with Gasteiger partial charge in [0.15, 0.2) is 11.9 Å². The molecule has 1 heterocycles. The van der Waals surface area contributed by atoms with Gasteiger partial charge in [-0.15, -0.1) is 0 Å². The third-order valence-electron chi connectivity index (χ3n) is 4.65. The van der Waals surface area contributed by atoms with E-state index in [1.54, 1.807) is 0 Å². The maximum Gasteiger partial charge on any atom is 0.209 e. The maximum absolute atomic E-state index is 6.25. The van der Waals surface area contributed by atoms with Crippen molar-refractivity contribution in [2.45, 2.75) is 31.8 Å². The number of hydrogen-bond donors (Lipinski definition) is 3. The highest BCUT2D eigenvalue weighted by molar-refractivity contribution is 5.68. The third-order valence-corrected chi connectivity index (χ3v) is 4.65. The van der Waals surface area contributed by atoms with E-state index < -0.39 is 5.54 Å². The Morgan fingerprint density at radius 2 is 1.75 bits per heavy atom. The molecule has 0 amide bonds. The van der Waals surface area contributed by atoms with Crippen LogP contribution in [-0.4, -0.2) is 12.6 Å². The quantitative estimate of drug-likeness (QED) is 0.551. The van der Waals surface area contributed by atoms with Crippen molar-refractivity contribution < 1.29 is 9.72 Å². The fourth-order valence-electron chi connectivity index (χ4n) is 3.17. The number of hydrogen-bond acceptors (Lipinski definition) is 4. The van der Waals surface area contributed by atoms with Gasteiger partial charge in [0.25, 0.3) is 0 Å². The van der Waals surface area contributed by atoms with Gasteiger partial charge >= 0.3 is 0 Å². The zero-order valence-corrected chi connectivity index (χ0v) is 16.5. The molecule has 0 aliphatic rings. The van der Waals surface area contributed by atoms with E-state index in [1.165, 1.54) is 5.56 Å². The van der Waals surface area contributed by atoms with Crippen molar-refractivity contribution in [1.82, 2.24) is 0 Å². The van der Waals surface area contributed by atoms with Crippen LogP contribution in [0.1, 0.15) is 25.0 Å². The van der Waals surface area contributed by atoms with E-state index >= 15 is 0 Å². The normalized spacial score (nSPS) is 12.6. The number of nitrogen functional groups attached to an aromatic ring is 1. The van der Waals surface area contributed by atoms with E-state index in [2.05, 4.69) is 17.1 Å². The Morgan fingerprint density at radius 3 is 2.46 bits per heavy atom. The number of nitrogens with one attached hydrogen (secondary N) is 1. The first-order chi connectivity index (χ1) is 13.3. The Balaban J connectivity index is 1.71. The predicted molar refractivity (Wildman–Crippen MR) is 114 cm³/mol. The monoisotopic (exact) mass is 377 g/mol. The molecule has 0 radical (unpaired) electrons. The lowest BCUT2D eigenvalue weighted by atomic mass is 9.91. The standard InChI is InChI=1S/C23H28N4O/c1-23(2,26)21-12-17(8-9-22(21)25)18-11-20(14-27-13-18)28-15-19(24)10-16-6-4-3-5-7-16/h3-9,11-14,19H,10,15,24-26H2,1-2H3/p+1/t19-/m1/s1. The van der Waals surface area contributed by atoms with Gasteiger partial charge in [0.1, 0.15) is 6.61 Å². The van der Waals surface area contributed by atoms with Crippen LogP contribution in [0.5, 0.6) is 5.75 Å². The first-order valence-electron chi connectivity index (χ1n) is 9.45. The SMILES string of the molecule is CC(C)(N)c1cc(-c2c[nH+]cc(OC[C@H](N)Cc3ccccc3)c2)ccc1N. The molecule has 1 aromatic heterocycles. The molecule has 0 unspecified atom stereocenters. The molecule has 5 heteroatoms. The summed E-state index contributed by atoms with van der Waals surface area (Å²) in [6.45, 7) is 4.33. The number of ether oxygens (including phenoxy) is 1. The summed E-state index contributed by atoms with van der Waals surface area (Å²) >= 11 is 0. The summed E-state index contributed by atoms with van der Waals surface area (Å²) in [5, 5.41) is 0. The largest absolute Gasteiger partial charge is 0.486 e. The van der Waals surface area contributed by atoms with Crippen LogP contribution in [0.2, 0.25) is 0 Å². The molecule has 3 aromatic rings. The number of anilines is 1. The second kappa shape index (κ2) is 8.42. The van der Waals surface area contributed by atoms with E-state index in [4.69, 9.17) is 21.9 Å². The van der Waals surface area contributed by atoms with E-state index in [9.17, 15) is 0 Å². The number of benzene rings is 2. The first kappa shape index (κ1) is 19.9. The lowest BCUT2D eigenvalue weighted by molar-refractivity contribution is -0.378. The second-order valence-corrected chi connectivity index (χ2v) is 7.74. The van der Waals surface area contributed by atoms with Crippen LogP contribution in [0.3, 0.4) is 0 Å². The Morgan fingerprint density at radius 1 is 1.00 bits per heavy atom. The van der Waals surface area contributed by atoms with Gasteiger partial charge in [-0.2, -0.15) is 0 Å². The van der Waals surface area contributed by atoms with Crippen molar-refractivity contribution in [1.29, 1.82) is 0 Å². The highest BCUT2D eigenvalue weighted by Crippen LogP contribution is 2.30. The molecule has 0 fully saturated rings. The summed E-state index contributed by atoms with van der Waals surface area (Å²) in [5.74, 6) is 0.742. The van der Waals surface area contributed by atoms with Gasteiger partial charge in [-0.05, 0) is 49.1 Å². The van der Waals surface area contributed by atoms with Crippen LogP contribution in [0.25, 0.3) is 11.1 Å². The Hall–Kier alpha value is -2.89. The molecule has 28 heavy (non-hydrogen) atoms. The number of H-pyrrole nitrogens is 1. The fraction of sp³-hybridized carbons (Fsp3) is 0.261. The molecular formula is C23H29N4O+. The summed E-state index contributed by atoms with van der Waals surface area (Å²) in [7, 11) is 0. The average molecular weight is 378 g/mol. The smallest absolute Gasteiger partial charge is 0.209 e. The minimum atomic E-state index is -0.512. The molecule has 0 saturated carbocycles. The Kier molecular flexibility index (Phi) is 5.97. The minimum Gasteiger partial charge on any atom is -0.486 e. The van der Waals surface area contributed by atoms with Gasteiger partial charge in [-0.25, -0.2) is 4.98 Å². The van der Waals surface area contributed by atoms with Crippen molar-refractivity contribution in [3.05, 3.63) is 78.1 Å². The fourth-order valence-corrected chi connectivity index (χ4v) is 3.17. The number of aromatic amines is 1. The molecule has 0 saturated heterocycles. The summed E-state index contributed by atoms with van der Waals surface area (Å²) < 4.78 is 5.92. The van der Waals surface area contributed by atoms with E-state index in [1.807, 2.05) is 68.7 Å². The zero-order valence-electron chi connectivity index (χ0n) is 16.5. The lowest BCUT2D eigenvalue weighted by Crippen LogP contribution is -2.30. The van der Waals surface area contributed by atoms with Crippen LogP contribution < -0.4 is 26.9 Å². The predicted octanol–water partition coefficient (Wildman–Crippen LogP) is 2.89. The highest BCUT2D eigenvalue weighted by Gasteiger charge is 2.18. The lowest BCUT2D eigenvalue weighted by Gasteiger charge is -2.22. The van der Waals surface area contributed by atoms with Gasteiger partial charge in [0.05, 0.1) is 0 Å². The molecular weight excluding hydrogens is 348 g/mol. The topological polar surface area (TPSA) is 101 Å². The summed E-state index contributed by atoms with van der Waals surface area (Å²) in [4.78, 5) is 3.15. The summed E-state index contributed by atoms with van der Waals surface area (Å²) in [5.41, 5.74) is 22.9. The molecule has 1 atom stereocenters. The van der Waals surface area contributed by atoms with Crippen molar-refractivity contribution in [3.63, 3.8) is 0 Å². The van der Waals surface area contributed by atoms with Crippen LogP contribution in [0, 0.1) is 0 Å². The molecule has 0 spiro atoms. The van der Waals surface area contributed by atoms with Crippen LogP contribution >= 0.6 is 0 Å². The second-order valence-electron chi connectivity index (χ2n) is 7.74. The molecule has 7 N–H and O–H groups in total. The van der Waals surface area contributed by atoms with E-state index in [-0.39, 0.29) is 6.04 Å². The van der Waals surface area contributed by atoms with E-state index in [0.29, 0.717) is 12.3 Å². The molecule has 5 nitrogen and oxygen atoms in total. The zero-order chi connectivity index (χ0) is 20.1. The van der Waals surface area contributed by atoms with Gasteiger partial charge in [0, 0.05) is 28.9 Å². The molecule has 0 bridgehead atoms. The Labute approximate surface area is 166 Å². The van der Waals surface area contributed by atoms with Crippen molar-refractivity contribution in [3.8, 4) is 16.9 Å². The average Bonchev–Trinajstić information content (AvgIpc) is 2.67. The van der Waals surface area contributed by atoms with Crippen molar-refractivity contribution in [2.75, 3.05) is 12.3 Å². The van der Waals surface area contributed by atoms with Gasteiger partial charge in [0.2, 0.25) is 6.20 Å². The van der Waals surface area contributed by atoms with Crippen LogP contribution in [-0.2, 0) is 12.0 Å². The maximum atomic E-state index is 6.25. The van der Waals surface area contributed by atoms with Crippen LogP contribution in [0.4, 0.5) is 5.69 Å². The summed E-state index contributed by atoms with van der Waals surface area (Å²) in [6.07, 6.45) is 4.52. The van der Waals surface area contributed by atoms with Gasteiger partial charge in [-0.1, -0.05) is 36.4 Å². The highest BCUT2D eigenvalue weighted by atomic mass is 16.5. The molecule has 0 aliphatic carbocycles. The number of rotatable bonds is 7. The van der Waals surface area contributed by atoms with Gasteiger partial charge in [-0.3, -0.25) is 0 Å². The van der Waals surface area contributed by atoms with Crippen molar-refractivity contribution >= 4 is 5.69 Å². The minimum absolute atomic E-state index is 0.0766. The number of pyridine rings is 1. The van der Waals surface area contributed by atoms with Crippen LogP contribution in [0.15, 0.2) is 67.0 Å². The molecule has 2 aromatic carbocycles. The van der Waals surface area contributed by atoms with Crippen molar-refractivity contribution in [2.24, 2.45) is 11.5 Å². The molecule has 0 aliphatic heterocycles. The number of nitrogens with two attached hydrogens (primary N) is 3. The summed E-state index contributed by atoms with van der Waals surface area (Å²) in [6, 6.07) is 18.0. The molecule has 146 valence electrons. The Bertz CT molecular complexity index is 919. The molecule has 3 rings (SSSR count). The number of aromatic nitrogens is 1. The van der Waals surface area contributed by atoms with Gasteiger partial charge < -0.3 is 21.9 Å².